The lowest BCUT2D eigenvalue weighted by Gasteiger charge is -1.83. The van der Waals surface area contributed by atoms with Crippen molar-refractivity contribution in [1.29, 1.82) is 0 Å². The molecule has 0 aliphatic heterocycles. The summed E-state index contributed by atoms with van der Waals surface area (Å²) in [6.07, 6.45) is 5.46. The van der Waals surface area contributed by atoms with Crippen molar-refractivity contribution in [1.82, 2.24) is 9.55 Å². The van der Waals surface area contributed by atoms with Gasteiger partial charge in [0.2, 0.25) is 0 Å². The minimum Gasteiger partial charge on any atom is -0.481 e. The molecule has 0 atom stereocenters. The molecule has 5 heteroatoms. The molecular weight excluding hydrogens is 175 g/mol. The standard InChI is InChI=1S/C4H7FO2.C4H6N2/c5-3-1-2-4(6)7;1-6-3-2-5-4-6/h1-3H2,(H,6,7);2-4H,1H3. The van der Waals surface area contributed by atoms with Crippen molar-refractivity contribution in [2.75, 3.05) is 6.67 Å². The van der Waals surface area contributed by atoms with E-state index >= 15 is 0 Å². The number of aliphatic carboxylic acids is 1. The second-order valence-corrected chi connectivity index (χ2v) is 2.41. The number of nitrogens with zero attached hydrogens (tertiary/aromatic N) is 2. The molecule has 0 spiro atoms. The third-order valence-electron chi connectivity index (χ3n) is 1.16. The van der Waals surface area contributed by atoms with Gasteiger partial charge in [-0.3, -0.25) is 9.18 Å². The maximum Gasteiger partial charge on any atom is 0.303 e. The lowest BCUT2D eigenvalue weighted by Crippen LogP contribution is -1.93. The highest BCUT2D eigenvalue weighted by atomic mass is 19.1. The molecule has 1 aromatic rings. The van der Waals surface area contributed by atoms with Crippen molar-refractivity contribution in [3.05, 3.63) is 18.7 Å². The Bertz CT molecular complexity index is 224. The van der Waals surface area contributed by atoms with Crippen LogP contribution < -0.4 is 0 Å². The van der Waals surface area contributed by atoms with Gasteiger partial charge in [0.25, 0.3) is 0 Å². The molecule has 0 aliphatic carbocycles. The maximum atomic E-state index is 11.1. The Morgan fingerprint density at radius 3 is 2.54 bits per heavy atom. The number of alkyl halides is 1. The Morgan fingerprint density at radius 2 is 2.38 bits per heavy atom. The van der Waals surface area contributed by atoms with E-state index in [0.717, 1.165) is 0 Å². The number of carbonyl (C=O) groups is 1. The summed E-state index contributed by atoms with van der Waals surface area (Å²) in [6.45, 7) is -0.535. The van der Waals surface area contributed by atoms with Crippen LogP contribution in [0.15, 0.2) is 18.7 Å². The van der Waals surface area contributed by atoms with Crippen LogP contribution >= 0.6 is 0 Å². The molecule has 13 heavy (non-hydrogen) atoms. The number of hydrogen-bond acceptors (Lipinski definition) is 2. The first-order chi connectivity index (χ1) is 6.16. The fourth-order valence-corrected chi connectivity index (χ4v) is 0.544. The summed E-state index contributed by atoms with van der Waals surface area (Å²) in [5, 5.41) is 7.88. The number of carboxylic acid groups (broad SMARTS) is 1. The fourth-order valence-electron chi connectivity index (χ4n) is 0.544. The molecule has 4 nitrogen and oxygen atoms in total. The number of aryl methyl sites for hydroxylation is 1. The Hall–Kier alpha value is -1.39. The van der Waals surface area contributed by atoms with Crippen molar-refractivity contribution < 1.29 is 14.3 Å². The van der Waals surface area contributed by atoms with E-state index in [2.05, 4.69) is 4.98 Å². The van der Waals surface area contributed by atoms with Gasteiger partial charge in [-0.1, -0.05) is 0 Å². The van der Waals surface area contributed by atoms with E-state index in [-0.39, 0.29) is 12.8 Å². The molecule has 0 unspecified atom stereocenters. The first-order valence-corrected chi connectivity index (χ1v) is 3.86. The third kappa shape index (κ3) is 8.52. The van der Waals surface area contributed by atoms with Crippen LogP contribution in [0, 0.1) is 0 Å². The lowest BCUT2D eigenvalue weighted by atomic mass is 10.3. The van der Waals surface area contributed by atoms with Crippen LogP contribution in [0.5, 0.6) is 0 Å². The molecule has 0 fully saturated rings. The molecule has 1 aromatic heterocycles. The summed E-state index contributed by atoms with van der Waals surface area (Å²) < 4.78 is 13.0. The molecule has 1 heterocycles. The number of halogens is 1. The maximum absolute atomic E-state index is 11.1. The van der Waals surface area contributed by atoms with Crippen LogP contribution in [-0.4, -0.2) is 27.3 Å². The Kier molecular flexibility index (Phi) is 6.49. The normalized spacial score (nSPS) is 8.77. The molecule has 0 radical (unpaired) electrons. The highest BCUT2D eigenvalue weighted by Crippen LogP contribution is 1.86. The minimum absolute atomic E-state index is 0.0590. The van der Waals surface area contributed by atoms with Gasteiger partial charge in [0.05, 0.1) is 13.0 Å². The van der Waals surface area contributed by atoms with Gasteiger partial charge in [-0.2, -0.15) is 0 Å². The number of carboxylic acids is 1. The Balaban J connectivity index is 0.000000223. The van der Waals surface area contributed by atoms with Crippen LogP contribution in [0.4, 0.5) is 4.39 Å². The van der Waals surface area contributed by atoms with Gasteiger partial charge in [-0.15, -0.1) is 0 Å². The fraction of sp³-hybridized carbons (Fsp3) is 0.500. The number of aromatic nitrogens is 2. The van der Waals surface area contributed by atoms with E-state index in [1.165, 1.54) is 0 Å². The third-order valence-corrected chi connectivity index (χ3v) is 1.16. The molecule has 74 valence electrons. The monoisotopic (exact) mass is 188 g/mol. The van der Waals surface area contributed by atoms with Gasteiger partial charge in [-0.05, 0) is 6.42 Å². The zero-order valence-corrected chi connectivity index (χ0v) is 7.48. The topological polar surface area (TPSA) is 55.1 Å². The summed E-state index contributed by atoms with van der Waals surface area (Å²) in [5.41, 5.74) is 0. The summed E-state index contributed by atoms with van der Waals surface area (Å²) in [4.78, 5) is 13.4. The number of imidazole rings is 1. The first kappa shape index (κ1) is 11.6. The van der Waals surface area contributed by atoms with Gasteiger partial charge in [0.1, 0.15) is 0 Å². The highest BCUT2D eigenvalue weighted by Gasteiger charge is 1.92. The first-order valence-electron chi connectivity index (χ1n) is 3.86. The average Bonchev–Trinajstić information content (AvgIpc) is 2.53. The SMILES string of the molecule is Cn1ccnc1.O=C(O)CCCF. The van der Waals surface area contributed by atoms with Crippen molar-refractivity contribution in [2.24, 2.45) is 7.05 Å². The molecule has 0 saturated carbocycles. The van der Waals surface area contributed by atoms with E-state index in [1.54, 1.807) is 12.5 Å². The van der Waals surface area contributed by atoms with Gasteiger partial charge in [-0.25, -0.2) is 4.98 Å². The largest absolute Gasteiger partial charge is 0.481 e. The Morgan fingerprint density at radius 1 is 1.69 bits per heavy atom. The van der Waals surface area contributed by atoms with E-state index in [1.807, 2.05) is 17.8 Å². The van der Waals surface area contributed by atoms with Crippen molar-refractivity contribution >= 4 is 5.97 Å². The molecule has 1 N–H and O–H groups in total. The predicted molar refractivity (Wildman–Crippen MR) is 46.1 cm³/mol. The van der Waals surface area contributed by atoms with Gasteiger partial charge in [0, 0.05) is 25.9 Å². The quantitative estimate of drug-likeness (QED) is 0.776. The summed E-state index contributed by atoms with van der Waals surface area (Å²) in [5.74, 6) is -0.933. The molecule has 0 bridgehead atoms. The van der Waals surface area contributed by atoms with Gasteiger partial charge in [0.15, 0.2) is 0 Å². The van der Waals surface area contributed by atoms with E-state index in [9.17, 15) is 9.18 Å². The minimum atomic E-state index is -0.933. The van der Waals surface area contributed by atoms with Crippen LogP contribution in [0.2, 0.25) is 0 Å². The summed E-state index contributed by atoms with van der Waals surface area (Å²) >= 11 is 0. The summed E-state index contributed by atoms with van der Waals surface area (Å²) in [7, 11) is 1.94. The second kappa shape index (κ2) is 7.27. The van der Waals surface area contributed by atoms with E-state index in [0.29, 0.717) is 0 Å². The van der Waals surface area contributed by atoms with Crippen molar-refractivity contribution in [3.63, 3.8) is 0 Å². The van der Waals surface area contributed by atoms with Crippen LogP contribution in [0.3, 0.4) is 0 Å². The summed E-state index contributed by atoms with van der Waals surface area (Å²) in [6, 6.07) is 0. The van der Waals surface area contributed by atoms with Crippen LogP contribution in [-0.2, 0) is 11.8 Å². The van der Waals surface area contributed by atoms with Crippen LogP contribution in [0.25, 0.3) is 0 Å². The smallest absolute Gasteiger partial charge is 0.303 e. The van der Waals surface area contributed by atoms with Crippen molar-refractivity contribution in [2.45, 2.75) is 12.8 Å². The molecule has 0 aliphatic rings. The number of rotatable bonds is 3. The van der Waals surface area contributed by atoms with Gasteiger partial charge >= 0.3 is 5.97 Å². The molecule has 0 amide bonds. The highest BCUT2D eigenvalue weighted by molar-refractivity contribution is 5.66. The zero-order valence-electron chi connectivity index (χ0n) is 7.48. The average molecular weight is 188 g/mol. The zero-order chi connectivity index (χ0) is 10.1. The van der Waals surface area contributed by atoms with Crippen LogP contribution in [0.1, 0.15) is 12.8 Å². The van der Waals surface area contributed by atoms with Crippen molar-refractivity contribution in [3.8, 4) is 0 Å². The number of hydrogen-bond donors (Lipinski definition) is 1. The molecular formula is C8H13FN2O2. The predicted octanol–water partition coefficient (Wildman–Crippen LogP) is 1.24. The molecule has 0 aromatic carbocycles. The lowest BCUT2D eigenvalue weighted by molar-refractivity contribution is -0.137. The molecule has 0 saturated heterocycles. The second-order valence-electron chi connectivity index (χ2n) is 2.41. The molecule has 1 rings (SSSR count). The van der Waals surface area contributed by atoms with Gasteiger partial charge < -0.3 is 9.67 Å². The Labute approximate surface area is 76.0 Å². The van der Waals surface area contributed by atoms with E-state index < -0.39 is 12.6 Å². The van der Waals surface area contributed by atoms with E-state index in [4.69, 9.17) is 5.11 Å².